The minimum atomic E-state index is -0.947. The van der Waals surface area contributed by atoms with E-state index in [9.17, 15) is 9.90 Å². The fraction of sp³-hybridized carbons (Fsp3) is 0.833. The SMILES string of the molecule is CC1OC(=O)CC1(C)O. The molecular weight excluding hydrogens is 120 g/mol. The first-order valence-electron chi connectivity index (χ1n) is 2.94. The summed E-state index contributed by atoms with van der Waals surface area (Å²) in [5, 5.41) is 9.29. The predicted octanol–water partition coefficient (Wildman–Crippen LogP) is 0.0728. The lowest BCUT2D eigenvalue weighted by Crippen LogP contribution is -2.31. The number of aliphatic hydroxyl groups is 1. The highest BCUT2D eigenvalue weighted by Crippen LogP contribution is 2.25. The summed E-state index contributed by atoms with van der Waals surface area (Å²) in [4.78, 5) is 10.5. The van der Waals surface area contributed by atoms with Gasteiger partial charge in [0.05, 0.1) is 6.42 Å². The smallest absolute Gasteiger partial charge is 0.309 e. The van der Waals surface area contributed by atoms with Crippen molar-refractivity contribution in [1.29, 1.82) is 0 Å². The molecule has 1 aliphatic heterocycles. The zero-order valence-electron chi connectivity index (χ0n) is 5.55. The molecule has 1 aliphatic rings. The molecule has 0 aromatic heterocycles. The normalized spacial score (nSPS) is 43.0. The van der Waals surface area contributed by atoms with Crippen molar-refractivity contribution in [2.24, 2.45) is 0 Å². The average molecular weight is 130 g/mol. The molecule has 2 unspecified atom stereocenters. The maximum absolute atomic E-state index is 10.5. The summed E-state index contributed by atoms with van der Waals surface area (Å²) >= 11 is 0. The molecular formula is C6H10O3. The van der Waals surface area contributed by atoms with Crippen LogP contribution in [-0.4, -0.2) is 22.8 Å². The first kappa shape index (κ1) is 6.55. The summed E-state index contributed by atoms with van der Waals surface area (Å²) in [6.07, 6.45) is -0.237. The van der Waals surface area contributed by atoms with Crippen LogP contribution in [0.3, 0.4) is 0 Å². The van der Waals surface area contributed by atoms with Gasteiger partial charge in [-0.25, -0.2) is 0 Å². The molecule has 0 aliphatic carbocycles. The second kappa shape index (κ2) is 1.70. The second-order valence-electron chi connectivity index (χ2n) is 2.67. The van der Waals surface area contributed by atoms with E-state index in [-0.39, 0.29) is 18.5 Å². The van der Waals surface area contributed by atoms with E-state index < -0.39 is 5.60 Å². The average Bonchev–Trinajstić information content (AvgIpc) is 1.79. The van der Waals surface area contributed by atoms with Gasteiger partial charge < -0.3 is 9.84 Å². The number of carbonyl (C=O) groups excluding carboxylic acids is 1. The van der Waals surface area contributed by atoms with Crippen molar-refractivity contribution < 1.29 is 14.6 Å². The van der Waals surface area contributed by atoms with Gasteiger partial charge in [0.15, 0.2) is 0 Å². The van der Waals surface area contributed by atoms with Crippen molar-refractivity contribution in [1.82, 2.24) is 0 Å². The van der Waals surface area contributed by atoms with Gasteiger partial charge in [0.1, 0.15) is 11.7 Å². The minimum absolute atomic E-state index is 0.119. The summed E-state index contributed by atoms with van der Waals surface area (Å²) in [6.45, 7) is 3.29. The predicted molar refractivity (Wildman–Crippen MR) is 30.8 cm³/mol. The molecule has 1 rings (SSSR count). The standard InChI is InChI=1S/C6H10O3/c1-4-6(2,8)3-5(7)9-4/h4,8H,3H2,1-2H3. The molecule has 0 radical (unpaired) electrons. The highest BCUT2D eigenvalue weighted by molar-refractivity contribution is 5.73. The number of hydrogen-bond donors (Lipinski definition) is 1. The van der Waals surface area contributed by atoms with E-state index in [1.807, 2.05) is 0 Å². The van der Waals surface area contributed by atoms with Gasteiger partial charge in [0.2, 0.25) is 0 Å². The van der Waals surface area contributed by atoms with Crippen LogP contribution in [0.4, 0.5) is 0 Å². The Balaban J connectivity index is 2.69. The zero-order valence-corrected chi connectivity index (χ0v) is 5.55. The Morgan fingerprint density at radius 3 is 2.56 bits per heavy atom. The maximum atomic E-state index is 10.5. The molecule has 1 heterocycles. The summed E-state index contributed by atoms with van der Waals surface area (Å²) in [6, 6.07) is 0. The molecule has 0 saturated carbocycles. The fourth-order valence-corrected chi connectivity index (χ4v) is 0.802. The van der Waals surface area contributed by atoms with Crippen LogP contribution in [0.2, 0.25) is 0 Å². The molecule has 0 aromatic rings. The van der Waals surface area contributed by atoms with Gasteiger partial charge in [-0.3, -0.25) is 4.79 Å². The molecule has 0 spiro atoms. The summed E-state index contributed by atoms with van der Waals surface area (Å²) in [5.41, 5.74) is -0.947. The van der Waals surface area contributed by atoms with Crippen molar-refractivity contribution in [2.45, 2.75) is 32.0 Å². The van der Waals surface area contributed by atoms with E-state index in [1.54, 1.807) is 13.8 Å². The number of esters is 1. The Morgan fingerprint density at radius 2 is 2.44 bits per heavy atom. The molecule has 2 atom stereocenters. The topological polar surface area (TPSA) is 46.5 Å². The van der Waals surface area contributed by atoms with Gasteiger partial charge in [-0.2, -0.15) is 0 Å². The van der Waals surface area contributed by atoms with Crippen LogP contribution < -0.4 is 0 Å². The highest BCUT2D eigenvalue weighted by Gasteiger charge is 2.40. The Kier molecular flexibility index (Phi) is 1.24. The zero-order chi connectivity index (χ0) is 7.07. The van der Waals surface area contributed by atoms with Crippen LogP contribution >= 0.6 is 0 Å². The summed E-state index contributed by atoms with van der Waals surface area (Å²) in [7, 11) is 0. The number of rotatable bonds is 0. The Hall–Kier alpha value is -0.570. The lowest BCUT2D eigenvalue weighted by Gasteiger charge is -2.17. The molecule has 3 nitrogen and oxygen atoms in total. The van der Waals surface area contributed by atoms with E-state index in [0.717, 1.165) is 0 Å². The van der Waals surface area contributed by atoms with E-state index in [2.05, 4.69) is 4.74 Å². The number of hydrogen-bond acceptors (Lipinski definition) is 3. The maximum Gasteiger partial charge on any atom is 0.309 e. The summed E-state index contributed by atoms with van der Waals surface area (Å²) in [5.74, 6) is -0.312. The molecule has 1 N–H and O–H groups in total. The molecule has 9 heavy (non-hydrogen) atoms. The second-order valence-corrected chi connectivity index (χ2v) is 2.67. The Labute approximate surface area is 53.6 Å². The quantitative estimate of drug-likeness (QED) is 0.472. The van der Waals surface area contributed by atoms with Crippen LogP contribution in [0.15, 0.2) is 0 Å². The molecule has 3 heteroatoms. The van der Waals surface area contributed by atoms with Gasteiger partial charge in [-0.15, -0.1) is 0 Å². The molecule has 0 aromatic carbocycles. The van der Waals surface area contributed by atoms with E-state index >= 15 is 0 Å². The fourth-order valence-electron chi connectivity index (χ4n) is 0.802. The van der Waals surface area contributed by atoms with Crippen molar-refractivity contribution in [3.05, 3.63) is 0 Å². The van der Waals surface area contributed by atoms with Crippen molar-refractivity contribution in [3.8, 4) is 0 Å². The van der Waals surface area contributed by atoms with Gasteiger partial charge in [0, 0.05) is 0 Å². The third-order valence-corrected chi connectivity index (χ3v) is 1.69. The van der Waals surface area contributed by atoms with Gasteiger partial charge >= 0.3 is 5.97 Å². The van der Waals surface area contributed by atoms with Gasteiger partial charge in [-0.1, -0.05) is 0 Å². The first-order chi connectivity index (χ1) is 4.02. The molecule has 0 bridgehead atoms. The van der Waals surface area contributed by atoms with E-state index in [4.69, 9.17) is 0 Å². The number of carbonyl (C=O) groups is 1. The van der Waals surface area contributed by atoms with E-state index in [0.29, 0.717) is 0 Å². The molecule has 0 amide bonds. The van der Waals surface area contributed by atoms with Gasteiger partial charge in [-0.05, 0) is 13.8 Å². The first-order valence-corrected chi connectivity index (χ1v) is 2.94. The third-order valence-electron chi connectivity index (χ3n) is 1.69. The van der Waals surface area contributed by atoms with Gasteiger partial charge in [0.25, 0.3) is 0 Å². The molecule has 1 fully saturated rings. The van der Waals surface area contributed by atoms with Crippen LogP contribution in [-0.2, 0) is 9.53 Å². The number of ether oxygens (including phenoxy) is 1. The Morgan fingerprint density at radius 1 is 1.89 bits per heavy atom. The highest BCUT2D eigenvalue weighted by atomic mass is 16.6. The van der Waals surface area contributed by atoms with E-state index in [1.165, 1.54) is 0 Å². The lowest BCUT2D eigenvalue weighted by atomic mass is 10.00. The molecule has 1 saturated heterocycles. The minimum Gasteiger partial charge on any atom is -0.460 e. The number of cyclic esters (lactones) is 1. The Bertz CT molecular complexity index is 139. The lowest BCUT2D eigenvalue weighted by molar-refractivity contribution is -0.141. The van der Waals surface area contributed by atoms with Crippen molar-refractivity contribution in [3.63, 3.8) is 0 Å². The largest absolute Gasteiger partial charge is 0.460 e. The van der Waals surface area contributed by atoms with Crippen LogP contribution in [0.25, 0.3) is 0 Å². The summed E-state index contributed by atoms with van der Waals surface area (Å²) < 4.78 is 4.69. The van der Waals surface area contributed by atoms with Crippen molar-refractivity contribution in [2.75, 3.05) is 0 Å². The van der Waals surface area contributed by atoms with Crippen molar-refractivity contribution >= 4 is 5.97 Å². The van der Waals surface area contributed by atoms with Crippen LogP contribution in [0, 0.1) is 0 Å². The molecule has 52 valence electrons. The monoisotopic (exact) mass is 130 g/mol. The van der Waals surface area contributed by atoms with Crippen LogP contribution in [0.5, 0.6) is 0 Å². The van der Waals surface area contributed by atoms with Crippen LogP contribution in [0.1, 0.15) is 20.3 Å². The third kappa shape index (κ3) is 1.05.